The average Bonchev–Trinajstić information content (AvgIpc) is 2.25. The van der Waals surface area contributed by atoms with E-state index in [0.717, 1.165) is 18.7 Å². The second-order valence-electron chi connectivity index (χ2n) is 4.81. The predicted molar refractivity (Wildman–Crippen MR) is 66.0 cm³/mol. The molecule has 0 radical (unpaired) electrons. The summed E-state index contributed by atoms with van der Waals surface area (Å²) in [5.41, 5.74) is 7.83. The lowest BCUT2D eigenvalue weighted by molar-refractivity contribution is -0.138. The van der Waals surface area contributed by atoms with Gasteiger partial charge in [-0.05, 0) is 24.6 Å². The number of carbonyl (C=O) groups is 1. The number of likely N-dealkylation sites (tertiary alicyclic amines) is 1. The molecule has 4 heteroatoms. The van der Waals surface area contributed by atoms with Crippen LogP contribution in [0.25, 0.3) is 0 Å². The lowest BCUT2D eigenvalue weighted by Gasteiger charge is -2.36. The van der Waals surface area contributed by atoms with Gasteiger partial charge in [-0.1, -0.05) is 24.3 Å². The first-order chi connectivity index (χ1) is 8.06. The van der Waals surface area contributed by atoms with Crippen molar-refractivity contribution in [1.29, 1.82) is 0 Å². The normalized spacial score (nSPS) is 18.7. The number of nitrogens with zero attached hydrogens (tertiary/aromatic N) is 1. The zero-order chi connectivity index (χ0) is 12.4. The molecule has 1 saturated heterocycles. The molecule has 0 aromatic heterocycles. The highest BCUT2D eigenvalue weighted by molar-refractivity contribution is 5.73. The zero-order valence-electron chi connectivity index (χ0n) is 9.97. The summed E-state index contributed by atoms with van der Waals surface area (Å²) in [5, 5.41) is 8.78. The highest BCUT2D eigenvalue weighted by Gasteiger charge is 2.24. The summed E-state index contributed by atoms with van der Waals surface area (Å²) in [6.45, 7) is 2.16. The van der Waals surface area contributed by atoms with Gasteiger partial charge in [-0.2, -0.15) is 0 Å². The lowest BCUT2D eigenvalue weighted by atomic mass is 9.90. The van der Waals surface area contributed by atoms with Crippen molar-refractivity contribution in [3.05, 3.63) is 35.4 Å². The van der Waals surface area contributed by atoms with Crippen molar-refractivity contribution in [1.82, 2.24) is 4.90 Å². The minimum absolute atomic E-state index is 0.395. The van der Waals surface area contributed by atoms with Crippen molar-refractivity contribution in [3.63, 3.8) is 0 Å². The van der Waals surface area contributed by atoms with Crippen LogP contribution in [0.2, 0.25) is 0 Å². The number of likely N-dealkylation sites (N-methyl/N-ethyl adjacent to an activating group) is 1. The summed E-state index contributed by atoms with van der Waals surface area (Å²) < 4.78 is 0. The SMILES string of the molecule is CN1CC(c2cccc(CC(N)C(=O)O)c2)C1. The molecule has 1 unspecified atom stereocenters. The van der Waals surface area contributed by atoms with Gasteiger partial charge in [-0.25, -0.2) is 0 Å². The smallest absolute Gasteiger partial charge is 0.320 e. The Morgan fingerprint density at radius 3 is 2.88 bits per heavy atom. The molecule has 1 aliphatic rings. The van der Waals surface area contributed by atoms with E-state index >= 15 is 0 Å². The molecule has 1 fully saturated rings. The van der Waals surface area contributed by atoms with Crippen molar-refractivity contribution in [3.8, 4) is 0 Å². The lowest BCUT2D eigenvalue weighted by Crippen LogP contribution is -2.41. The second kappa shape index (κ2) is 4.85. The van der Waals surface area contributed by atoms with Crippen LogP contribution in [-0.2, 0) is 11.2 Å². The molecular weight excluding hydrogens is 216 g/mol. The first-order valence-electron chi connectivity index (χ1n) is 5.82. The molecular formula is C13H18N2O2. The predicted octanol–water partition coefficient (Wildman–Crippen LogP) is 0.670. The van der Waals surface area contributed by atoms with E-state index in [4.69, 9.17) is 10.8 Å². The van der Waals surface area contributed by atoms with E-state index in [1.54, 1.807) is 0 Å². The Morgan fingerprint density at radius 1 is 1.59 bits per heavy atom. The third kappa shape index (κ3) is 2.84. The van der Waals surface area contributed by atoms with Crippen LogP contribution in [0.15, 0.2) is 24.3 Å². The molecule has 1 aliphatic heterocycles. The summed E-state index contributed by atoms with van der Waals surface area (Å²) >= 11 is 0. The summed E-state index contributed by atoms with van der Waals surface area (Å²) in [5.74, 6) is -0.361. The molecule has 1 atom stereocenters. The summed E-state index contributed by atoms with van der Waals surface area (Å²) in [4.78, 5) is 13.0. The third-order valence-corrected chi connectivity index (χ3v) is 3.26. The fourth-order valence-corrected chi connectivity index (χ4v) is 2.23. The summed E-state index contributed by atoms with van der Waals surface area (Å²) in [6.07, 6.45) is 0.395. The van der Waals surface area contributed by atoms with E-state index in [1.807, 2.05) is 12.1 Å². The molecule has 0 amide bonds. The van der Waals surface area contributed by atoms with Crippen molar-refractivity contribution in [2.24, 2.45) is 5.73 Å². The third-order valence-electron chi connectivity index (χ3n) is 3.26. The van der Waals surface area contributed by atoms with E-state index in [1.165, 1.54) is 5.56 Å². The van der Waals surface area contributed by atoms with E-state index < -0.39 is 12.0 Å². The maximum Gasteiger partial charge on any atom is 0.320 e. The second-order valence-corrected chi connectivity index (χ2v) is 4.81. The van der Waals surface area contributed by atoms with Crippen LogP contribution < -0.4 is 5.73 Å². The van der Waals surface area contributed by atoms with Gasteiger partial charge in [-0.15, -0.1) is 0 Å². The van der Waals surface area contributed by atoms with Crippen molar-refractivity contribution >= 4 is 5.97 Å². The molecule has 1 aromatic carbocycles. The Bertz CT molecular complexity index is 414. The fraction of sp³-hybridized carbons (Fsp3) is 0.462. The summed E-state index contributed by atoms with van der Waals surface area (Å²) in [7, 11) is 2.10. The van der Waals surface area contributed by atoms with Crippen LogP contribution in [0.1, 0.15) is 17.0 Å². The van der Waals surface area contributed by atoms with Gasteiger partial charge in [-0.3, -0.25) is 4.79 Å². The minimum Gasteiger partial charge on any atom is -0.480 e. The molecule has 92 valence electrons. The highest BCUT2D eigenvalue weighted by atomic mass is 16.4. The molecule has 0 bridgehead atoms. The van der Waals surface area contributed by atoms with Crippen molar-refractivity contribution in [2.75, 3.05) is 20.1 Å². The van der Waals surface area contributed by atoms with E-state index in [2.05, 4.69) is 24.1 Å². The van der Waals surface area contributed by atoms with Crippen molar-refractivity contribution in [2.45, 2.75) is 18.4 Å². The number of hydrogen-bond donors (Lipinski definition) is 2. The van der Waals surface area contributed by atoms with Crippen LogP contribution in [0.5, 0.6) is 0 Å². The largest absolute Gasteiger partial charge is 0.480 e. The van der Waals surface area contributed by atoms with Gasteiger partial charge < -0.3 is 15.7 Å². The first kappa shape index (κ1) is 12.1. The standard InChI is InChI=1S/C13H18N2O2/c1-15-7-11(8-15)10-4-2-3-9(5-10)6-12(14)13(16)17/h2-5,11-12H,6-8,14H2,1H3,(H,16,17). The van der Waals surface area contributed by atoms with E-state index in [9.17, 15) is 4.79 Å². The molecule has 4 nitrogen and oxygen atoms in total. The molecule has 0 saturated carbocycles. The quantitative estimate of drug-likeness (QED) is 0.803. The molecule has 0 aliphatic carbocycles. The van der Waals surface area contributed by atoms with Gasteiger partial charge >= 0.3 is 5.97 Å². The Kier molecular flexibility index (Phi) is 3.45. The monoisotopic (exact) mass is 234 g/mol. The number of rotatable bonds is 4. The Labute approximate surface area is 101 Å². The first-order valence-corrected chi connectivity index (χ1v) is 5.82. The van der Waals surface area contributed by atoms with Crippen LogP contribution >= 0.6 is 0 Å². The van der Waals surface area contributed by atoms with Crippen LogP contribution in [0, 0.1) is 0 Å². The fourth-order valence-electron chi connectivity index (χ4n) is 2.23. The molecule has 1 heterocycles. The van der Waals surface area contributed by atoms with Gasteiger partial charge in [0, 0.05) is 19.0 Å². The number of nitrogens with two attached hydrogens (primary N) is 1. The van der Waals surface area contributed by atoms with Crippen LogP contribution in [-0.4, -0.2) is 42.2 Å². The van der Waals surface area contributed by atoms with E-state index in [0.29, 0.717) is 12.3 Å². The number of aliphatic carboxylic acids is 1. The number of carboxylic acids is 1. The van der Waals surface area contributed by atoms with Gasteiger partial charge in [0.05, 0.1) is 0 Å². The van der Waals surface area contributed by atoms with Gasteiger partial charge in [0.15, 0.2) is 0 Å². The van der Waals surface area contributed by atoms with Gasteiger partial charge in [0.25, 0.3) is 0 Å². The van der Waals surface area contributed by atoms with Gasteiger partial charge in [0.2, 0.25) is 0 Å². The molecule has 0 spiro atoms. The van der Waals surface area contributed by atoms with Crippen LogP contribution in [0.4, 0.5) is 0 Å². The maximum absolute atomic E-state index is 10.7. The maximum atomic E-state index is 10.7. The number of hydrogen-bond acceptors (Lipinski definition) is 3. The number of benzene rings is 1. The Hall–Kier alpha value is -1.39. The summed E-state index contributed by atoms with van der Waals surface area (Å²) in [6, 6.07) is 7.30. The molecule has 1 aromatic rings. The minimum atomic E-state index is -0.946. The molecule has 3 N–H and O–H groups in total. The Morgan fingerprint density at radius 2 is 2.29 bits per heavy atom. The van der Waals surface area contributed by atoms with Gasteiger partial charge in [0.1, 0.15) is 6.04 Å². The molecule has 2 rings (SSSR count). The number of carboxylic acid groups (broad SMARTS) is 1. The van der Waals surface area contributed by atoms with Crippen molar-refractivity contribution < 1.29 is 9.90 Å². The van der Waals surface area contributed by atoms with E-state index in [-0.39, 0.29) is 0 Å². The zero-order valence-corrected chi connectivity index (χ0v) is 9.97. The topological polar surface area (TPSA) is 66.6 Å². The Balaban J connectivity index is 2.04. The van der Waals surface area contributed by atoms with Crippen LogP contribution in [0.3, 0.4) is 0 Å². The highest BCUT2D eigenvalue weighted by Crippen LogP contribution is 2.26. The molecule has 17 heavy (non-hydrogen) atoms. The average molecular weight is 234 g/mol.